The van der Waals surface area contributed by atoms with Crippen molar-refractivity contribution in [3.05, 3.63) is 60.2 Å². The molecule has 3 heterocycles. The Bertz CT molecular complexity index is 1280. The highest BCUT2D eigenvalue weighted by atomic mass is 32.2. The van der Waals surface area contributed by atoms with Gasteiger partial charge in [0.25, 0.3) is 0 Å². The zero-order valence-corrected chi connectivity index (χ0v) is 20.6. The number of amides is 1. The van der Waals surface area contributed by atoms with Crippen molar-refractivity contribution < 1.29 is 9.53 Å². The molecule has 3 aromatic heterocycles. The zero-order valence-electron chi connectivity index (χ0n) is 19.8. The molecule has 0 saturated heterocycles. The minimum atomic E-state index is -0.421. The minimum absolute atomic E-state index is 0.129. The van der Waals surface area contributed by atoms with Gasteiger partial charge in [0.15, 0.2) is 11.0 Å². The Hall–Kier alpha value is -3.66. The van der Waals surface area contributed by atoms with Gasteiger partial charge in [0.05, 0.1) is 28.9 Å². The van der Waals surface area contributed by atoms with Crippen molar-refractivity contribution in [2.24, 2.45) is 7.05 Å². The number of aromatic nitrogens is 6. The van der Waals surface area contributed by atoms with Crippen LogP contribution in [0.3, 0.4) is 0 Å². The van der Waals surface area contributed by atoms with Crippen molar-refractivity contribution in [1.29, 1.82) is 0 Å². The van der Waals surface area contributed by atoms with Gasteiger partial charge in [0, 0.05) is 30.7 Å². The van der Waals surface area contributed by atoms with Crippen molar-refractivity contribution in [3.8, 4) is 22.8 Å². The van der Waals surface area contributed by atoms with Gasteiger partial charge in [-0.2, -0.15) is 5.10 Å². The number of rotatable bonds is 8. The molecule has 1 amide bonds. The van der Waals surface area contributed by atoms with Crippen LogP contribution < -0.4 is 10.1 Å². The number of hydrogen-bond acceptors (Lipinski definition) is 7. The van der Waals surface area contributed by atoms with E-state index in [0.29, 0.717) is 17.6 Å². The van der Waals surface area contributed by atoms with Gasteiger partial charge in [-0.05, 0) is 64.1 Å². The van der Waals surface area contributed by atoms with Crippen LogP contribution in [0.1, 0.15) is 25.2 Å². The fraction of sp³-hybridized carbons (Fsp3) is 0.292. The number of aryl methyl sites for hydroxylation is 2. The monoisotopic (exact) mass is 477 g/mol. The Balaban J connectivity index is 1.64. The summed E-state index contributed by atoms with van der Waals surface area (Å²) >= 11 is 1.34. The molecule has 1 aromatic carbocycles. The predicted octanol–water partition coefficient (Wildman–Crippen LogP) is 4.20. The lowest BCUT2D eigenvalue weighted by Crippen LogP contribution is -2.23. The molecular formula is C24H27N7O2S. The van der Waals surface area contributed by atoms with Gasteiger partial charge in [-0.15, -0.1) is 10.2 Å². The molecule has 0 bridgehead atoms. The average molecular weight is 478 g/mol. The summed E-state index contributed by atoms with van der Waals surface area (Å²) in [5.41, 5.74) is 4.17. The zero-order chi connectivity index (χ0) is 24.2. The van der Waals surface area contributed by atoms with Gasteiger partial charge in [0.2, 0.25) is 5.91 Å². The van der Waals surface area contributed by atoms with E-state index in [1.165, 1.54) is 11.8 Å². The molecule has 0 aliphatic carbocycles. The molecule has 4 aromatic rings. The standard InChI is InChI=1S/C24H27N7O2S/c1-6-33-20-9-7-19(8-10-20)31-22(18-11-13-25-14-12-18)27-28-24(31)34-17(4)23(32)26-21-15(2)29-30(5)16(21)3/h7-14,17H,6H2,1-5H3,(H,26,32)/t17-/m0/s1. The largest absolute Gasteiger partial charge is 0.494 e. The van der Waals surface area contributed by atoms with Crippen LogP contribution in [0, 0.1) is 13.8 Å². The van der Waals surface area contributed by atoms with Gasteiger partial charge >= 0.3 is 0 Å². The lowest BCUT2D eigenvalue weighted by Gasteiger charge is -2.14. The third kappa shape index (κ3) is 4.81. The molecule has 0 radical (unpaired) electrons. The minimum Gasteiger partial charge on any atom is -0.494 e. The van der Waals surface area contributed by atoms with Crippen molar-refractivity contribution in [2.45, 2.75) is 38.1 Å². The maximum Gasteiger partial charge on any atom is 0.237 e. The SMILES string of the molecule is CCOc1ccc(-n2c(S[C@@H](C)C(=O)Nc3c(C)nn(C)c3C)nnc2-c2ccncc2)cc1. The van der Waals surface area contributed by atoms with Crippen LogP contribution in [-0.4, -0.2) is 47.3 Å². The second kappa shape index (κ2) is 10.1. The van der Waals surface area contributed by atoms with E-state index in [1.54, 1.807) is 17.1 Å². The number of hydrogen-bond donors (Lipinski definition) is 1. The molecule has 0 saturated carbocycles. The number of nitrogens with one attached hydrogen (secondary N) is 1. The molecule has 0 unspecified atom stereocenters. The Kier molecular flexibility index (Phi) is 6.97. The first-order chi connectivity index (χ1) is 16.4. The normalized spacial score (nSPS) is 11.9. The summed E-state index contributed by atoms with van der Waals surface area (Å²) in [5.74, 6) is 1.32. The van der Waals surface area contributed by atoms with Crippen LogP contribution in [0.5, 0.6) is 5.75 Å². The Morgan fingerprint density at radius 2 is 1.82 bits per heavy atom. The van der Waals surface area contributed by atoms with E-state index in [-0.39, 0.29) is 5.91 Å². The third-order valence-corrected chi connectivity index (χ3v) is 6.43. The Morgan fingerprint density at radius 3 is 2.44 bits per heavy atom. The van der Waals surface area contributed by atoms with Gasteiger partial charge in [0.1, 0.15) is 5.75 Å². The summed E-state index contributed by atoms with van der Waals surface area (Å²) in [5, 5.41) is 16.4. The van der Waals surface area contributed by atoms with Crippen LogP contribution >= 0.6 is 11.8 Å². The third-order valence-electron chi connectivity index (χ3n) is 5.39. The molecule has 0 spiro atoms. The molecule has 4 rings (SSSR count). The summed E-state index contributed by atoms with van der Waals surface area (Å²) in [7, 11) is 1.86. The molecule has 0 fully saturated rings. The van der Waals surface area contributed by atoms with Crippen LogP contribution in [0.4, 0.5) is 5.69 Å². The topological polar surface area (TPSA) is 99.8 Å². The second-order valence-electron chi connectivity index (χ2n) is 7.72. The van der Waals surface area contributed by atoms with E-state index in [0.717, 1.165) is 34.1 Å². The highest BCUT2D eigenvalue weighted by Crippen LogP contribution is 2.31. The summed E-state index contributed by atoms with van der Waals surface area (Å²) in [6.07, 6.45) is 3.43. The highest BCUT2D eigenvalue weighted by molar-refractivity contribution is 8.00. The summed E-state index contributed by atoms with van der Waals surface area (Å²) in [6.45, 7) is 8.20. The predicted molar refractivity (Wildman–Crippen MR) is 132 cm³/mol. The lowest BCUT2D eigenvalue weighted by molar-refractivity contribution is -0.115. The molecule has 10 heteroatoms. The summed E-state index contributed by atoms with van der Waals surface area (Å²) in [4.78, 5) is 17.1. The first-order valence-corrected chi connectivity index (χ1v) is 11.8. The van der Waals surface area contributed by atoms with Gasteiger partial charge in [-0.1, -0.05) is 11.8 Å². The van der Waals surface area contributed by atoms with E-state index in [2.05, 4.69) is 25.6 Å². The van der Waals surface area contributed by atoms with Gasteiger partial charge in [-0.3, -0.25) is 19.0 Å². The van der Waals surface area contributed by atoms with Crippen molar-refractivity contribution >= 4 is 23.4 Å². The maximum atomic E-state index is 13.0. The van der Waals surface area contributed by atoms with Gasteiger partial charge < -0.3 is 10.1 Å². The lowest BCUT2D eigenvalue weighted by atomic mass is 10.2. The van der Waals surface area contributed by atoms with Gasteiger partial charge in [-0.25, -0.2) is 0 Å². The number of carbonyl (C=O) groups is 1. The number of carbonyl (C=O) groups excluding carboxylic acids is 1. The number of pyridine rings is 1. The van der Waals surface area contributed by atoms with E-state index in [1.807, 2.05) is 75.7 Å². The smallest absolute Gasteiger partial charge is 0.237 e. The van der Waals surface area contributed by atoms with E-state index < -0.39 is 5.25 Å². The quantitative estimate of drug-likeness (QED) is 0.380. The number of nitrogens with zero attached hydrogens (tertiary/aromatic N) is 6. The molecule has 1 atom stereocenters. The fourth-order valence-corrected chi connectivity index (χ4v) is 4.38. The van der Waals surface area contributed by atoms with E-state index in [9.17, 15) is 4.79 Å². The molecule has 176 valence electrons. The van der Waals surface area contributed by atoms with Crippen LogP contribution in [-0.2, 0) is 11.8 Å². The number of benzene rings is 1. The number of thioether (sulfide) groups is 1. The summed E-state index contributed by atoms with van der Waals surface area (Å²) in [6, 6.07) is 11.5. The molecule has 1 N–H and O–H groups in total. The maximum absolute atomic E-state index is 13.0. The second-order valence-corrected chi connectivity index (χ2v) is 9.03. The van der Waals surface area contributed by atoms with Crippen LogP contribution in [0.25, 0.3) is 17.1 Å². The average Bonchev–Trinajstić information content (AvgIpc) is 3.36. The van der Waals surface area contributed by atoms with E-state index in [4.69, 9.17) is 4.74 Å². The van der Waals surface area contributed by atoms with Crippen molar-refractivity contribution in [1.82, 2.24) is 29.5 Å². The van der Waals surface area contributed by atoms with Crippen molar-refractivity contribution in [3.63, 3.8) is 0 Å². The van der Waals surface area contributed by atoms with Crippen molar-refractivity contribution in [2.75, 3.05) is 11.9 Å². The first kappa shape index (κ1) is 23.5. The number of ether oxygens (including phenoxy) is 1. The fourth-order valence-electron chi connectivity index (χ4n) is 3.52. The molecule has 34 heavy (non-hydrogen) atoms. The number of anilines is 1. The molecule has 0 aliphatic rings. The highest BCUT2D eigenvalue weighted by Gasteiger charge is 2.23. The Labute approximate surface area is 202 Å². The first-order valence-electron chi connectivity index (χ1n) is 11.0. The Morgan fingerprint density at radius 1 is 1.12 bits per heavy atom. The van der Waals surface area contributed by atoms with Crippen LogP contribution in [0.15, 0.2) is 53.9 Å². The summed E-state index contributed by atoms with van der Waals surface area (Å²) < 4.78 is 9.28. The molecule has 0 aliphatic heterocycles. The van der Waals surface area contributed by atoms with Crippen LogP contribution in [0.2, 0.25) is 0 Å². The molecule has 9 nitrogen and oxygen atoms in total. The van der Waals surface area contributed by atoms with E-state index >= 15 is 0 Å². The molecular weight excluding hydrogens is 450 g/mol.